The SMILES string of the molecule is CCc1cc(Nc2ncc(Cl)c(Nc3ccc(-c4cncnc4OC)cc3P(C)(C)=O)n2)c(OC)cc1N(C)CCC(CC)N1CCN(C)CC1. The van der Waals surface area contributed by atoms with Gasteiger partial charge in [-0.05, 0) is 69.0 Å². The van der Waals surface area contributed by atoms with Gasteiger partial charge in [0.15, 0.2) is 5.82 Å². The number of nitrogens with zero attached hydrogens (tertiary/aromatic N) is 7. The lowest BCUT2D eigenvalue weighted by molar-refractivity contribution is 0.105. The van der Waals surface area contributed by atoms with Crippen molar-refractivity contribution >= 4 is 52.9 Å². The molecule has 274 valence electrons. The largest absolute Gasteiger partial charge is 0.494 e. The Bertz CT molecular complexity index is 1850. The number of likely N-dealkylation sites (N-methyl/N-ethyl adjacent to an activating group) is 1. The molecule has 3 heterocycles. The van der Waals surface area contributed by atoms with Gasteiger partial charge >= 0.3 is 0 Å². The number of benzene rings is 2. The summed E-state index contributed by atoms with van der Waals surface area (Å²) in [5.41, 5.74) is 5.17. The van der Waals surface area contributed by atoms with Crippen molar-refractivity contribution in [2.45, 2.75) is 39.2 Å². The molecule has 0 amide bonds. The summed E-state index contributed by atoms with van der Waals surface area (Å²) in [6, 6.07) is 10.4. The smallest absolute Gasteiger partial charge is 0.229 e. The Labute approximate surface area is 307 Å². The minimum absolute atomic E-state index is 0.316. The van der Waals surface area contributed by atoms with Crippen LogP contribution in [0.1, 0.15) is 32.3 Å². The second-order valence-corrected chi connectivity index (χ2v) is 16.9. The maximum absolute atomic E-state index is 13.5. The first kappa shape index (κ1) is 38.3. The van der Waals surface area contributed by atoms with Crippen LogP contribution in [0.3, 0.4) is 0 Å². The average molecular weight is 736 g/mol. The topological polar surface area (TPSA) is 121 Å². The minimum atomic E-state index is -2.77. The summed E-state index contributed by atoms with van der Waals surface area (Å²) in [5.74, 6) is 1.82. The fourth-order valence-electron chi connectivity index (χ4n) is 6.51. The molecular formula is C37H51ClN9O3P. The number of piperazine rings is 1. The number of methoxy groups -OCH3 is 2. The molecule has 12 nitrogen and oxygen atoms in total. The molecule has 1 aliphatic rings. The Kier molecular flexibility index (Phi) is 12.8. The molecule has 14 heteroatoms. The number of nitrogens with one attached hydrogen (secondary N) is 2. The second-order valence-electron chi connectivity index (χ2n) is 13.3. The van der Waals surface area contributed by atoms with Gasteiger partial charge in [0.2, 0.25) is 11.8 Å². The number of hydrogen-bond donors (Lipinski definition) is 2. The van der Waals surface area contributed by atoms with Crippen LogP contribution in [0, 0.1) is 0 Å². The van der Waals surface area contributed by atoms with Gasteiger partial charge in [0.05, 0.1) is 37.4 Å². The van der Waals surface area contributed by atoms with Gasteiger partial charge < -0.3 is 34.5 Å². The van der Waals surface area contributed by atoms with Gasteiger partial charge in [0, 0.05) is 69.1 Å². The summed E-state index contributed by atoms with van der Waals surface area (Å²) < 4.78 is 24.8. The van der Waals surface area contributed by atoms with E-state index in [1.54, 1.807) is 33.7 Å². The van der Waals surface area contributed by atoms with Crippen molar-refractivity contribution in [2.75, 3.05) is 89.9 Å². The Morgan fingerprint density at radius 1 is 1.00 bits per heavy atom. The lowest BCUT2D eigenvalue weighted by atomic mass is 10.0. The van der Waals surface area contributed by atoms with E-state index < -0.39 is 7.14 Å². The molecule has 1 aliphatic heterocycles. The quantitative estimate of drug-likeness (QED) is 0.126. The lowest BCUT2D eigenvalue weighted by Crippen LogP contribution is -2.49. The van der Waals surface area contributed by atoms with Crippen molar-refractivity contribution in [2.24, 2.45) is 0 Å². The van der Waals surface area contributed by atoms with E-state index in [0.717, 1.165) is 68.9 Å². The highest BCUT2D eigenvalue weighted by Crippen LogP contribution is 2.41. The highest BCUT2D eigenvalue weighted by molar-refractivity contribution is 7.70. The predicted molar refractivity (Wildman–Crippen MR) is 210 cm³/mol. The Morgan fingerprint density at radius 3 is 2.43 bits per heavy atom. The summed E-state index contributed by atoms with van der Waals surface area (Å²) in [4.78, 5) is 24.9. The van der Waals surface area contributed by atoms with Crippen LogP contribution in [-0.4, -0.2) is 110 Å². The molecule has 4 aromatic rings. The third-order valence-corrected chi connectivity index (χ3v) is 11.3. The fraction of sp³-hybridized carbons (Fsp3) is 0.459. The highest BCUT2D eigenvalue weighted by atomic mass is 35.5. The number of hydrogen-bond acceptors (Lipinski definition) is 12. The van der Waals surface area contributed by atoms with E-state index in [-0.39, 0.29) is 0 Å². The maximum atomic E-state index is 13.5. The van der Waals surface area contributed by atoms with Crippen molar-refractivity contribution in [3.8, 4) is 22.8 Å². The summed E-state index contributed by atoms with van der Waals surface area (Å²) in [7, 11) is 4.82. The van der Waals surface area contributed by atoms with E-state index in [1.165, 1.54) is 18.1 Å². The molecule has 2 N–H and O–H groups in total. The van der Waals surface area contributed by atoms with Crippen LogP contribution < -0.4 is 30.3 Å². The number of aryl methyl sites for hydroxylation is 1. The maximum Gasteiger partial charge on any atom is 0.229 e. The zero-order valence-corrected chi connectivity index (χ0v) is 32.7. The average Bonchev–Trinajstić information content (AvgIpc) is 3.13. The molecule has 0 aliphatic carbocycles. The molecule has 5 rings (SSSR count). The molecule has 2 aromatic carbocycles. The van der Waals surface area contributed by atoms with E-state index >= 15 is 0 Å². The zero-order valence-electron chi connectivity index (χ0n) is 31.0. The van der Waals surface area contributed by atoms with Crippen LogP contribution in [0.5, 0.6) is 11.6 Å². The van der Waals surface area contributed by atoms with Crippen molar-refractivity contribution < 1.29 is 14.0 Å². The molecule has 1 unspecified atom stereocenters. The van der Waals surface area contributed by atoms with Gasteiger partial charge in [-0.1, -0.05) is 31.5 Å². The molecule has 0 saturated carbocycles. The van der Waals surface area contributed by atoms with Crippen LogP contribution in [0.25, 0.3) is 11.1 Å². The first-order chi connectivity index (χ1) is 24.4. The van der Waals surface area contributed by atoms with E-state index in [9.17, 15) is 4.57 Å². The third kappa shape index (κ3) is 9.29. The van der Waals surface area contributed by atoms with Gasteiger partial charge in [-0.15, -0.1) is 0 Å². The highest BCUT2D eigenvalue weighted by Gasteiger charge is 2.23. The van der Waals surface area contributed by atoms with Crippen LogP contribution in [-0.2, 0) is 11.0 Å². The van der Waals surface area contributed by atoms with Gasteiger partial charge in [-0.25, -0.2) is 15.0 Å². The number of halogens is 1. The Hall–Kier alpha value is -3.96. The normalized spacial score (nSPS) is 14.6. The minimum Gasteiger partial charge on any atom is -0.494 e. The first-order valence-corrected chi connectivity index (χ1v) is 20.4. The molecule has 1 saturated heterocycles. The van der Waals surface area contributed by atoms with E-state index in [4.69, 9.17) is 26.1 Å². The Balaban J connectivity index is 1.37. The van der Waals surface area contributed by atoms with Crippen LogP contribution in [0.2, 0.25) is 5.02 Å². The van der Waals surface area contributed by atoms with Crippen LogP contribution >= 0.6 is 18.7 Å². The van der Waals surface area contributed by atoms with Gasteiger partial charge in [-0.3, -0.25) is 4.90 Å². The third-order valence-electron chi connectivity index (χ3n) is 9.52. The predicted octanol–water partition coefficient (Wildman–Crippen LogP) is 6.75. The van der Waals surface area contributed by atoms with Crippen molar-refractivity contribution in [3.05, 3.63) is 59.6 Å². The molecule has 0 radical (unpaired) electrons. The molecule has 0 bridgehead atoms. The summed E-state index contributed by atoms with van der Waals surface area (Å²) >= 11 is 6.61. The van der Waals surface area contributed by atoms with Gasteiger partial charge in [-0.2, -0.15) is 4.98 Å². The summed E-state index contributed by atoms with van der Waals surface area (Å²) in [5, 5.41) is 7.60. The molecular weight excluding hydrogens is 685 g/mol. The van der Waals surface area contributed by atoms with Crippen LogP contribution in [0.15, 0.2) is 49.1 Å². The molecule has 1 atom stereocenters. The van der Waals surface area contributed by atoms with Gasteiger partial charge in [0.25, 0.3) is 0 Å². The summed E-state index contributed by atoms with van der Waals surface area (Å²) in [6.45, 7) is 13.4. The van der Waals surface area contributed by atoms with Crippen molar-refractivity contribution in [3.63, 3.8) is 0 Å². The van der Waals surface area contributed by atoms with Gasteiger partial charge in [0.1, 0.15) is 24.2 Å². The standard InChI is InChI=1S/C37H51ClN9O3P/c1-9-25-19-31(33(49-5)21-32(25)46(4)14-13-27(10-2)47-17-15-45(3)16-18-47)43-37-40-23-29(38)35(44-37)42-30-12-11-26(20-34(30)51(7,8)48)28-22-39-24-41-36(28)50-6/h11-12,19-24,27H,9-10,13-18H2,1-8H3,(H2,40,42,43,44). The van der Waals surface area contributed by atoms with E-state index in [2.05, 4.69) is 80.4 Å². The Morgan fingerprint density at radius 2 is 1.76 bits per heavy atom. The summed E-state index contributed by atoms with van der Waals surface area (Å²) in [6.07, 6.45) is 7.72. The lowest BCUT2D eigenvalue weighted by Gasteiger charge is -2.38. The first-order valence-electron chi connectivity index (χ1n) is 17.4. The molecule has 0 spiro atoms. The van der Waals surface area contributed by atoms with E-state index in [1.807, 2.05) is 18.2 Å². The number of aromatic nitrogens is 4. The molecule has 1 fully saturated rings. The van der Waals surface area contributed by atoms with E-state index in [0.29, 0.717) is 51.0 Å². The molecule has 2 aromatic heterocycles. The fourth-order valence-corrected chi connectivity index (χ4v) is 7.81. The zero-order chi connectivity index (χ0) is 36.7. The number of rotatable bonds is 15. The molecule has 51 heavy (non-hydrogen) atoms. The number of anilines is 5. The number of ether oxygens (including phenoxy) is 2. The second kappa shape index (κ2) is 17.0. The van der Waals surface area contributed by atoms with Crippen LogP contribution in [0.4, 0.5) is 28.8 Å². The monoisotopic (exact) mass is 735 g/mol. The van der Waals surface area contributed by atoms with Crippen molar-refractivity contribution in [1.82, 2.24) is 29.7 Å². The van der Waals surface area contributed by atoms with Crippen molar-refractivity contribution in [1.29, 1.82) is 0 Å².